The van der Waals surface area contributed by atoms with E-state index in [0.717, 1.165) is 44.7 Å². The number of benzene rings is 1. The van der Waals surface area contributed by atoms with Crippen LogP contribution in [-0.4, -0.2) is 72.1 Å². The summed E-state index contributed by atoms with van der Waals surface area (Å²) in [5, 5.41) is 14.5. The van der Waals surface area contributed by atoms with Gasteiger partial charge in [0.2, 0.25) is 0 Å². The number of phenols is 1. The summed E-state index contributed by atoms with van der Waals surface area (Å²) >= 11 is 0. The Balaban J connectivity index is 1.32. The molecule has 2 aliphatic heterocycles. The number of nitrogens with zero attached hydrogens (tertiary/aromatic N) is 1. The van der Waals surface area contributed by atoms with Crippen molar-refractivity contribution in [3.8, 4) is 11.5 Å². The average Bonchev–Trinajstić information content (AvgIpc) is 3.54. The van der Waals surface area contributed by atoms with Gasteiger partial charge in [-0.05, 0) is 83.4 Å². The molecule has 2 saturated carbocycles. The van der Waals surface area contributed by atoms with E-state index < -0.39 is 5.60 Å². The van der Waals surface area contributed by atoms with Crippen LogP contribution in [0.1, 0.15) is 70.4 Å². The number of phenolic OH excluding ortho intramolecular Hbond substituents is 1. The summed E-state index contributed by atoms with van der Waals surface area (Å²) in [7, 11) is 1.88. The van der Waals surface area contributed by atoms with E-state index in [4.69, 9.17) is 14.2 Å². The summed E-state index contributed by atoms with van der Waals surface area (Å²) in [5.74, 6) is 1.52. The third kappa shape index (κ3) is 3.52. The van der Waals surface area contributed by atoms with Crippen LogP contribution < -0.4 is 10.1 Å². The Morgan fingerprint density at radius 3 is 2.77 bits per heavy atom. The lowest BCUT2D eigenvalue weighted by atomic mass is 9.48. The molecule has 3 aliphatic carbocycles. The maximum Gasteiger partial charge on any atom is 0.307 e. The summed E-state index contributed by atoms with van der Waals surface area (Å²) < 4.78 is 18.8. The van der Waals surface area contributed by atoms with Crippen LogP contribution in [0, 0.1) is 5.92 Å². The second-order valence-corrected chi connectivity index (χ2v) is 12.4. The number of carbonyl (C=O) groups is 1. The smallest absolute Gasteiger partial charge is 0.307 e. The molecule has 5 aliphatic rings. The summed E-state index contributed by atoms with van der Waals surface area (Å²) in [6.07, 6.45) is 6.63. The maximum atomic E-state index is 12.3. The van der Waals surface area contributed by atoms with Crippen molar-refractivity contribution in [3.05, 3.63) is 23.3 Å². The van der Waals surface area contributed by atoms with Crippen LogP contribution in [0.25, 0.3) is 0 Å². The molecule has 192 valence electrons. The number of aromatic hydroxyl groups is 1. The molecule has 3 fully saturated rings. The first kappa shape index (κ1) is 23.6. The van der Waals surface area contributed by atoms with Gasteiger partial charge in [0.15, 0.2) is 11.5 Å². The van der Waals surface area contributed by atoms with E-state index in [2.05, 4.69) is 16.3 Å². The van der Waals surface area contributed by atoms with Crippen molar-refractivity contribution in [1.29, 1.82) is 0 Å². The molecule has 1 aromatic rings. The second-order valence-electron chi connectivity index (χ2n) is 12.4. The Morgan fingerprint density at radius 2 is 2.06 bits per heavy atom. The fourth-order valence-electron chi connectivity index (χ4n) is 7.83. The zero-order valence-electron chi connectivity index (χ0n) is 21.6. The van der Waals surface area contributed by atoms with Crippen LogP contribution in [-0.2, 0) is 26.1 Å². The molecule has 35 heavy (non-hydrogen) atoms. The lowest BCUT2D eigenvalue weighted by Gasteiger charge is -2.65. The van der Waals surface area contributed by atoms with Gasteiger partial charge in [-0.2, -0.15) is 0 Å². The van der Waals surface area contributed by atoms with E-state index in [-0.39, 0.29) is 34.9 Å². The van der Waals surface area contributed by atoms with Crippen molar-refractivity contribution in [3.63, 3.8) is 0 Å². The van der Waals surface area contributed by atoms with Crippen LogP contribution in [0.2, 0.25) is 0 Å². The molecule has 1 aromatic carbocycles. The van der Waals surface area contributed by atoms with Gasteiger partial charge in [-0.25, -0.2) is 0 Å². The van der Waals surface area contributed by atoms with Gasteiger partial charge < -0.3 is 24.6 Å². The molecule has 7 nitrogen and oxygen atoms in total. The molecule has 0 aromatic heterocycles. The van der Waals surface area contributed by atoms with Gasteiger partial charge in [-0.1, -0.05) is 6.07 Å². The molecular formula is C28H40N2O5. The number of methoxy groups -OCH3 is 1. The van der Waals surface area contributed by atoms with Gasteiger partial charge in [0.1, 0.15) is 11.7 Å². The van der Waals surface area contributed by atoms with Gasteiger partial charge in [-0.15, -0.1) is 0 Å². The highest BCUT2D eigenvalue weighted by molar-refractivity contribution is 5.70. The van der Waals surface area contributed by atoms with Gasteiger partial charge >= 0.3 is 5.97 Å². The zero-order valence-corrected chi connectivity index (χ0v) is 21.6. The summed E-state index contributed by atoms with van der Waals surface area (Å²) in [5.41, 5.74) is 1.38. The molecule has 2 unspecified atom stereocenters. The Bertz CT molecular complexity index is 1020. The van der Waals surface area contributed by atoms with Crippen molar-refractivity contribution < 1.29 is 24.1 Å². The zero-order chi connectivity index (χ0) is 24.6. The van der Waals surface area contributed by atoms with Gasteiger partial charge in [0.25, 0.3) is 0 Å². The minimum Gasteiger partial charge on any atom is -0.504 e. The highest BCUT2D eigenvalue weighted by atomic mass is 16.6. The van der Waals surface area contributed by atoms with E-state index in [9.17, 15) is 9.90 Å². The fraction of sp³-hybridized carbons (Fsp3) is 0.750. The topological polar surface area (TPSA) is 80.3 Å². The molecule has 0 amide bonds. The normalized spacial score (nSPS) is 35.4. The molecular weight excluding hydrogens is 444 g/mol. The lowest BCUT2D eigenvalue weighted by molar-refractivity contribution is -0.207. The van der Waals surface area contributed by atoms with Crippen molar-refractivity contribution in [2.45, 2.75) is 101 Å². The number of hydrogen-bond acceptors (Lipinski definition) is 7. The average molecular weight is 485 g/mol. The number of likely N-dealkylation sites (tertiary alicyclic amines) is 1. The third-order valence-electron chi connectivity index (χ3n) is 9.24. The summed E-state index contributed by atoms with van der Waals surface area (Å²) in [4.78, 5) is 15.0. The largest absolute Gasteiger partial charge is 0.504 e. The van der Waals surface area contributed by atoms with Crippen molar-refractivity contribution in [1.82, 2.24) is 10.2 Å². The minimum atomic E-state index is -0.478. The fourth-order valence-corrected chi connectivity index (χ4v) is 7.83. The standard InChI is InChI=1S/C28H40N2O5/c1-26(2,3)35-22(32)10-13-29-19-9-11-28(33-4)21-15-18-7-8-20(31)24-23(18)27(28,25(19)34-24)12-14-30(21)16-17-5-6-17/h7-8,17,19,21,25,29,31H,5-6,9-16H2,1-4H3/t19-,21?,25+,27?,28-/m1/s1. The first-order valence-electron chi connectivity index (χ1n) is 13.4. The van der Waals surface area contributed by atoms with E-state index in [1.807, 2.05) is 27.9 Å². The first-order valence-corrected chi connectivity index (χ1v) is 13.4. The number of ether oxygens (including phenoxy) is 3. The molecule has 0 radical (unpaired) electrons. The Kier molecular flexibility index (Phi) is 5.44. The molecule has 1 saturated heterocycles. The van der Waals surface area contributed by atoms with Crippen LogP contribution in [0.5, 0.6) is 11.5 Å². The van der Waals surface area contributed by atoms with E-state index in [0.29, 0.717) is 24.8 Å². The van der Waals surface area contributed by atoms with Crippen LogP contribution >= 0.6 is 0 Å². The van der Waals surface area contributed by atoms with Gasteiger partial charge in [-0.3, -0.25) is 9.69 Å². The van der Waals surface area contributed by atoms with Gasteiger partial charge in [0.05, 0.1) is 17.4 Å². The van der Waals surface area contributed by atoms with Crippen LogP contribution in [0.3, 0.4) is 0 Å². The maximum absolute atomic E-state index is 12.3. The summed E-state index contributed by atoms with van der Waals surface area (Å²) in [6.45, 7) is 8.42. The SMILES string of the molecule is CO[C@@]12CC[C@@H](NCCC(=O)OC(C)(C)C)[C@@H]3Oc4c(O)ccc5c4C31CCN(CC1CC1)C2C5. The van der Waals surface area contributed by atoms with E-state index >= 15 is 0 Å². The third-order valence-corrected chi connectivity index (χ3v) is 9.24. The number of hydrogen-bond donors (Lipinski definition) is 2. The number of nitrogens with one attached hydrogen (secondary N) is 1. The molecule has 2 heterocycles. The Morgan fingerprint density at radius 1 is 1.26 bits per heavy atom. The molecule has 7 heteroatoms. The molecule has 5 atom stereocenters. The van der Waals surface area contributed by atoms with Crippen molar-refractivity contribution in [2.24, 2.45) is 5.92 Å². The molecule has 1 spiro atoms. The monoisotopic (exact) mass is 484 g/mol. The molecule has 2 bridgehead atoms. The van der Waals surface area contributed by atoms with E-state index in [1.165, 1.54) is 24.0 Å². The Hall–Kier alpha value is -1.83. The van der Waals surface area contributed by atoms with E-state index in [1.54, 1.807) is 6.07 Å². The van der Waals surface area contributed by atoms with Crippen molar-refractivity contribution >= 4 is 5.97 Å². The predicted octanol–water partition coefficient (Wildman–Crippen LogP) is 3.30. The van der Waals surface area contributed by atoms with Gasteiger partial charge in [0, 0.05) is 37.8 Å². The summed E-state index contributed by atoms with van der Waals surface area (Å²) in [6, 6.07) is 4.30. The highest BCUT2D eigenvalue weighted by Crippen LogP contribution is 2.66. The number of piperidine rings is 1. The number of esters is 1. The van der Waals surface area contributed by atoms with Crippen LogP contribution in [0.15, 0.2) is 12.1 Å². The quantitative estimate of drug-likeness (QED) is 0.575. The molecule has 2 N–H and O–H groups in total. The number of carbonyl (C=O) groups excluding carboxylic acids is 1. The predicted molar refractivity (Wildman–Crippen MR) is 132 cm³/mol. The molecule has 6 rings (SSSR count). The van der Waals surface area contributed by atoms with Crippen LogP contribution in [0.4, 0.5) is 0 Å². The van der Waals surface area contributed by atoms with Crippen molar-refractivity contribution in [2.75, 3.05) is 26.7 Å². The Labute approximate surface area is 208 Å². The second kappa shape index (κ2) is 8.09. The first-order chi connectivity index (χ1) is 16.7. The lowest BCUT2D eigenvalue weighted by Crippen LogP contribution is -2.78. The highest BCUT2D eigenvalue weighted by Gasteiger charge is 2.73. The minimum absolute atomic E-state index is 0.0779. The number of rotatable bonds is 7.